The smallest absolute Gasteiger partial charge is 0.271 e. The van der Waals surface area contributed by atoms with Crippen molar-refractivity contribution in [2.75, 3.05) is 20.1 Å². The summed E-state index contributed by atoms with van der Waals surface area (Å²) in [6.45, 7) is 3.15. The lowest BCUT2D eigenvalue weighted by molar-refractivity contribution is 0.0955. The normalized spacial score (nSPS) is 21.2. The summed E-state index contributed by atoms with van der Waals surface area (Å²) in [4.78, 5) is 14.3. The number of likely N-dealkylation sites (tertiary alicyclic amines) is 1. The third-order valence-corrected chi connectivity index (χ3v) is 5.39. The quantitative estimate of drug-likeness (QED) is 0.912. The maximum atomic E-state index is 11.7. The average Bonchev–Trinajstić information content (AvgIpc) is 3.37. The molecule has 1 aromatic heterocycles. The van der Waals surface area contributed by atoms with Crippen LogP contribution in [0.1, 0.15) is 59.3 Å². The molecule has 2 fully saturated rings. The van der Waals surface area contributed by atoms with Crippen molar-refractivity contribution in [3.05, 3.63) is 53.3 Å². The van der Waals surface area contributed by atoms with Crippen LogP contribution in [-0.2, 0) is 6.54 Å². The van der Waals surface area contributed by atoms with Crippen molar-refractivity contribution in [1.29, 1.82) is 0 Å². The van der Waals surface area contributed by atoms with Gasteiger partial charge in [-0.3, -0.25) is 14.4 Å². The van der Waals surface area contributed by atoms with E-state index >= 15 is 0 Å². The molecular formula is C20H26N4O. The van der Waals surface area contributed by atoms with Crippen LogP contribution in [0.25, 0.3) is 0 Å². The van der Waals surface area contributed by atoms with Gasteiger partial charge in [-0.15, -0.1) is 0 Å². The molecule has 1 aliphatic carbocycles. The zero-order valence-corrected chi connectivity index (χ0v) is 14.8. The van der Waals surface area contributed by atoms with Gasteiger partial charge in [0.15, 0.2) is 0 Å². The molecule has 5 heteroatoms. The number of rotatable bonds is 5. The van der Waals surface area contributed by atoms with Gasteiger partial charge in [-0.2, -0.15) is 5.10 Å². The van der Waals surface area contributed by atoms with E-state index in [1.54, 1.807) is 18.7 Å². The molecule has 0 spiro atoms. The second-order valence-corrected chi connectivity index (χ2v) is 7.26. The molecule has 4 rings (SSSR count). The fourth-order valence-electron chi connectivity index (χ4n) is 3.89. The van der Waals surface area contributed by atoms with Crippen LogP contribution in [-0.4, -0.2) is 40.7 Å². The van der Waals surface area contributed by atoms with Crippen LogP contribution >= 0.6 is 0 Å². The second kappa shape index (κ2) is 7.00. The van der Waals surface area contributed by atoms with E-state index in [1.807, 2.05) is 10.9 Å². The van der Waals surface area contributed by atoms with Gasteiger partial charge in [-0.1, -0.05) is 24.3 Å². The van der Waals surface area contributed by atoms with E-state index in [9.17, 15) is 4.79 Å². The molecule has 2 aromatic rings. The highest BCUT2D eigenvalue weighted by Gasteiger charge is 2.27. The summed E-state index contributed by atoms with van der Waals surface area (Å²) in [6.07, 6.45) is 6.92. The van der Waals surface area contributed by atoms with Crippen LogP contribution in [0.3, 0.4) is 0 Å². The van der Waals surface area contributed by atoms with Crippen molar-refractivity contribution < 1.29 is 4.79 Å². The van der Waals surface area contributed by atoms with Gasteiger partial charge in [0.05, 0.1) is 6.04 Å². The van der Waals surface area contributed by atoms with Gasteiger partial charge in [0.1, 0.15) is 5.69 Å². The monoisotopic (exact) mass is 338 g/mol. The third kappa shape index (κ3) is 3.61. The van der Waals surface area contributed by atoms with Crippen molar-refractivity contribution in [3.63, 3.8) is 0 Å². The minimum atomic E-state index is -0.121. The first-order chi connectivity index (χ1) is 12.2. The molecule has 1 saturated heterocycles. The van der Waals surface area contributed by atoms with Crippen molar-refractivity contribution in [1.82, 2.24) is 20.0 Å². The number of nitrogens with zero attached hydrogens (tertiary/aromatic N) is 3. The summed E-state index contributed by atoms with van der Waals surface area (Å²) in [6, 6.07) is 11.1. The molecule has 1 unspecified atom stereocenters. The molecule has 1 N–H and O–H groups in total. The number of nitrogens with one attached hydrogen (secondary N) is 1. The summed E-state index contributed by atoms with van der Waals surface area (Å²) < 4.78 is 1.98. The number of carbonyl (C=O) groups is 1. The van der Waals surface area contributed by atoms with Crippen molar-refractivity contribution >= 4 is 5.91 Å². The Morgan fingerprint density at radius 3 is 2.88 bits per heavy atom. The van der Waals surface area contributed by atoms with Gasteiger partial charge in [0, 0.05) is 26.3 Å². The lowest BCUT2D eigenvalue weighted by atomic mass is 10.0. The molecule has 1 atom stereocenters. The van der Waals surface area contributed by atoms with E-state index < -0.39 is 0 Å². The van der Waals surface area contributed by atoms with Gasteiger partial charge < -0.3 is 5.32 Å². The van der Waals surface area contributed by atoms with E-state index in [1.165, 1.54) is 24.8 Å². The van der Waals surface area contributed by atoms with Crippen LogP contribution in [0.4, 0.5) is 0 Å². The van der Waals surface area contributed by atoms with Gasteiger partial charge in [-0.05, 0) is 55.3 Å². The lowest BCUT2D eigenvalue weighted by Crippen LogP contribution is -2.36. The highest BCUT2D eigenvalue weighted by molar-refractivity contribution is 5.91. The predicted octanol–water partition coefficient (Wildman–Crippen LogP) is 2.96. The Labute approximate surface area is 149 Å². The minimum absolute atomic E-state index is 0.121. The van der Waals surface area contributed by atoms with Crippen LogP contribution in [0.15, 0.2) is 36.5 Å². The molecule has 5 nitrogen and oxygen atoms in total. The maximum absolute atomic E-state index is 11.7. The number of aromatic nitrogens is 2. The van der Waals surface area contributed by atoms with Crippen LogP contribution in [0.2, 0.25) is 0 Å². The zero-order chi connectivity index (χ0) is 17.2. The molecule has 1 amide bonds. The number of hydrogen-bond acceptors (Lipinski definition) is 3. The Balaban J connectivity index is 1.44. The first kappa shape index (κ1) is 16.3. The largest absolute Gasteiger partial charge is 0.354 e. The van der Waals surface area contributed by atoms with Crippen molar-refractivity contribution in [2.24, 2.45) is 0 Å². The Bertz CT molecular complexity index is 750. The number of carbonyl (C=O) groups excluding carboxylic acids is 1. The fraction of sp³-hybridized carbons (Fsp3) is 0.500. The molecular weight excluding hydrogens is 312 g/mol. The lowest BCUT2D eigenvalue weighted by Gasteiger charge is -2.33. The molecule has 2 heterocycles. The average molecular weight is 338 g/mol. The summed E-state index contributed by atoms with van der Waals surface area (Å²) >= 11 is 0. The summed E-state index contributed by atoms with van der Waals surface area (Å²) in [7, 11) is 1.64. The van der Waals surface area contributed by atoms with Gasteiger partial charge >= 0.3 is 0 Å². The highest BCUT2D eigenvalue weighted by Crippen LogP contribution is 2.42. The first-order valence-electron chi connectivity index (χ1n) is 9.32. The summed E-state index contributed by atoms with van der Waals surface area (Å²) in [5.74, 6) is 0.669. The zero-order valence-electron chi connectivity index (χ0n) is 14.8. The molecule has 1 aliphatic heterocycles. The Hall–Kier alpha value is -2.14. The third-order valence-electron chi connectivity index (χ3n) is 5.39. The van der Waals surface area contributed by atoms with E-state index in [-0.39, 0.29) is 5.91 Å². The number of amides is 1. The summed E-state index contributed by atoms with van der Waals surface area (Å²) in [5, 5.41) is 7.12. The van der Waals surface area contributed by atoms with Crippen molar-refractivity contribution in [3.8, 4) is 0 Å². The summed E-state index contributed by atoms with van der Waals surface area (Å²) in [5.41, 5.74) is 3.53. The van der Waals surface area contributed by atoms with Gasteiger partial charge in [-0.25, -0.2) is 0 Å². The number of hydrogen-bond donors (Lipinski definition) is 1. The van der Waals surface area contributed by atoms with E-state index in [2.05, 4.69) is 39.6 Å². The van der Waals surface area contributed by atoms with Crippen LogP contribution in [0.5, 0.6) is 0 Å². The predicted molar refractivity (Wildman–Crippen MR) is 97.6 cm³/mol. The van der Waals surface area contributed by atoms with E-state index in [0.29, 0.717) is 11.7 Å². The Morgan fingerprint density at radius 2 is 2.08 bits per heavy atom. The molecule has 1 saturated carbocycles. The van der Waals surface area contributed by atoms with E-state index in [4.69, 9.17) is 0 Å². The first-order valence-corrected chi connectivity index (χ1v) is 9.32. The second-order valence-electron chi connectivity index (χ2n) is 7.26. The molecule has 0 radical (unpaired) electrons. The topological polar surface area (TPSA) is 50.2 Å². The minimum Gasteiger partial charge on any atom is -0.354 e. The van der Waals surface area contributed by atoms with Gasteiger partial charge in [0.2, 0.25) is 0 Å². The molecule has 2 aliphatic rings. The van der Waals surface area contributed by atoms with Crippen molar-refractivity contribution in [2.45, 2.75) is 44.2 Å². The Morgan fingerprint density at radius 1 is 1.24 bits per heavy atom. The van der Waals surface area contributed by atoms with Gasteiger partial charge in [0.25, 0.3) is 5.91 Å². The molecule has 1 aromatic carbocycles. The maximum Gasteiger partial charge on any atom is 0.271 e. The highest BCUT2D eigenvalue weighted by atomic mass is 16.1. The van der Waals surface area contributed by atoms with Crippen LogP contribution < -0.4 is 5.32 Å². The standard InChI is InChI=1S/C20H26N4O/c1-21-20(25)19-10-12-24(22-19)17-6-4-11-23(14-17)13-16-5-2-3-7-18(16)15-8-9-15/h2-3,5,7,10,12,15,17H,4,6,8-9,11,13-14H2,1H3,(H,21,25). The number of piperidine rings is 1. The molecule has 132 valence electrons. The number of benzene rings is 1. The molecule has 0 bridgehead atoms. The van der Waals surface area contributed by atoms with Crippen LogP contribution in [0, 0.1) is 0 Å². The SMILES string of the molecule is CNC(=O)c1ccn(C2CCCN(Cc3ccccc3C3CC3)C2)n1. The Kier molecular flexibility index (Phi) is 4.57. The molecule has 25 heavy (non-hydrogen) atoms. The fourth-order valence-corrected chi connectivity index (χ4v) is 3.89. The van der Waals surface area contributed by atoms with E-state index in [0.717, 1.165) is 32.0 Å².